The summed E-state index contributed by atoms with van der Waals surface area (Å²) in [6.45, 7) is -1.88. The van der Waals surface area contributed by atoms with E-state index < -0.39 is 24.7 Å². The summed E-state index contributed by atoms with van der Waals surface area (Å²) in [5, 5.41) is 7.74. The van der Waals surface area contributed by atoms with Gasteiger partial charge < -0.3 is 9.84 Å². The quantitative estimate of drug-likeness (QED) is 0.452. The van der Waals surface area contributed by atoms with E-state index in [9.17, 15) is 22.8 Å². The Hall–Kier alpha value is -1.27. The third kappa shape index (κ3) is 5.19. The van der Waals surface area contributed by atoms with Gasteiger partial charge in [0.15, 0.2) is 6.61 Å². The lowest BCUT2D eigenvalue weighted by Gasteiger charge is -2.04. The maximum atomic E-state index is 11.2. The number of esters is 1. The molecule has 0 aromatic rings. The molecule has 11 heavy (non-hydrogen) atoms. The molecule has 0 radical (unpaired) electrons. The van der Waals surface area contributed by atoms with Crippen molar-refractivity contribution in [1.29, 1.82) is 0 Å². The number of alkyl halides is 3. The van der Waals surface area contributed by atoms with Gasteiger partial charge >= 0.3 is 18.1 Å². The number of halogens is 3. The summed E-state index contributed by atoms with van der Waals surface area (Å²) in [4.78, 5) is 19.4. The summed E-state index contributed by atoms with van der Waals surface area (Å²) >= 11 is 0. The van der Waals surface area contributed by atoms with Gasteiger partial charge in [-0.25, -0.2) is 9.59 Å². The number of ether oxygens (including phenoxy) is 1. The molecule has 0 heterocycles. The number of hydrogen-bond acceptors (Lipinski definition) is 3. The molecule has 0 aromatic carbocycles. The molecule has 7 heteroatoms. The second-order valence-corrected chi connectivity index (χ2v) is 1.50. The lowest BCUT2D eigenvalue weighted by molar-refractivity contribution is -0.190. The predicted octanol–water partition coefficient (Wildman–Crippen LogP) is 0.177. The Morgan fingerprint density at radius 3 is 2.09 bits per heavy atom. The van der Waals surface area contributed by atoms with E-state index in [0.29, 0.717) is 0 Å². The van der Waals surface area contributed by atoms with Crippen molar-refractivity contribution < 1.29 is 32.6 Å². The van der Waals surface area contributed by atoms with E-state index in [-0.39, 0.29) is 0 Å². The molecule has 0 saturated heterocycles. The Morgan fingerprint density at radius 2 is 1.82 bits per heavy atom. The van der Waals surface area contributed by atoms with Crippen LogP contribution in [0.5, 0.6) is 0 Å². The fraction of sp³-hybridized carbons (Fsp3) is 0.500. The Kier molecular flexibility index (Phi) is 2.85. The average molecular weight is 172 g/mol. The number of carbonyl (C=O) groups excluding carboxylic acids is 1. The topological polar surface area (TPSA) is 63.6 Å². The van der Waals surface area contributed by atoms with Gasteiger partial charge in [-0.15, -0.1) is 0 Å². The first-order valence-corrected chi connectivity index (χ1v) is 2.30. The van der Waals surface area contributed by atoms with Crippen LogP contribution in [0.4, 0.5) is 13.2 Å². The highest BCUT2D eigenvalue weighted by Crippen LogP contribution is 2.14. The van der Waals surface area contributed by atoms with Gasteiger partial charge in [0, 0.05) is 0 Å². The lowest BCUT2D eigenvalue weighted by atomic mass is 10.6. The van der Waals surface area contributed by atoms with Crippen LogP contribution in [0.15, 0.2) is 0 Å². The smallest absolute Gasteiger partial charge is 0.422 e. The highest BCUT2D eigenvalue weighted by molar-refractivity contribution is 6.28. The molecule has 0 amide bonds. The molecule has 0 aliphatic rings. The van der Waals surface area contributed by atoms with E-state index in [0.717, 1.165) is 0 Å². The number of carboxylic acid groups (broad SMARTS) is 1. The third-order valence-corrected chi connectivity index (χ3v) is 0.542. The van der Waals surface area contributed by atoms with E-state index in [2.05, 4.69) is 4.74 Å². The summed E-state index contributed by atoms with van der Waals surface area (Å²) in [5.41, 5.74) is 0. The Morgan fingerprint density at radius 1 is 1.36 bits per heavy atom. The Bertz CT molecular complexity index is 173. The van der Waals surface area contributed by atoms with Crippen molar-refractivity contribution in [3.63, 3.8) is 0 Å². The molecule has 0 bridgehead atoms. The monoisotopic (exact) mass is 172 g/mol. The molecule has 64 valence electrons. The van der Waals surface area contributed by atoms with Gasteiger partial charge in [-0.2, -0.15) is 13.2 Å². The normalized spacial score (nSPS) is 10.8. The summed E-state index contributed by atoms with van der Waals surface area (Å²) in [5.74, 6) is -3.96. The highest BCUT2D eigenvalue weighted by atomic mass is 19.4. The second kappa shape index (κ2) is 3.22. The van der Waals surface area contributed by atoms with Crippen molar-refractivity contribution in [3.8, 4) is 0 Å². The highest BCUT2D eigenvalue weighted by Gasteiger charge is 2.30. The van der Waals surface area contributed by atoms with E-state index in [1.807, 2.05) is 0 Å². The fourth-order valence-electron chi connectivity index (χ4n) is 0.209. The molecular formula is C4H3F3O4. The minimum absolute atomic E-state index is 1.88. The van der Waals surface area contributed by atoms with Gasteiger partial charge in [-0.3, -0.25) is 0 Å². The molecule has 0 atom stereocenters. The molecule has 0 aliphatic carbocycles. The summed E-state index contributed by atoms with van der Waals surface area (Å²) in [6.07, 6.45) is -4.69. The van der Waals surface area contributed by atoms with Crippen molar-refractivity contribution in [3.05, 3.63) is 0 Å². The first-order chi connectivity index (χ1) is 4.83. The fourth-order valence-corrected chi connectivity index (χ4v) is 0.209. The van der Waals surface area contributed by atoms with Crippen LogP contribution in [0.25, 0.3) is 0 Å². The predicted molar refractivity (Wildman–Crippen MR) is 24.6 cm³/mol. The average Bonchev–Trinajstić information content (AvgIpc) is 1.80. The molecule has 0 saturated carbocycles. The zero-order chi connectivity index (χ0) is 9.07. The summed E-state index contributed by atoms with van der Waals surface area (Å²) in [6, 6.07) is 0. The largest absolute Gasteiger partial charge is 0.473 e. The number of rotatable bonds is 1. The van der Waals surface area contributed by atoms with Gasteiger partial charge in [0.2, 0.25) is 0 Å². The lowest BCUT2D eigenvalue weighted by Crippen LogP contribution is -2.24. The van der Waals surface area contributed by atoms with Gasteiger partial charge in [-0.1, -0.05) is 0 Å². The molecule has 1 N–H and O–H groups in total. The van der Waals surface area contributed by atoms with E-state index in [4.69, 9.17) is 5.11 Å². The number of aliphatic carboxylic acids is 1. The Labute approximate surface area is 58.6 Å². The second-order valence-electron chi connectivity index (χ2n) is 1.50. The molecule has 0 aliphatic heterocycles. The van der Waals surface area contributed by atoms with E-state index >= 15 is 0 Å². The maximum Gasteiger partial charge on any atom is 0.422 e. The third-order valence-electron chi connectivity index (χ3n) is 0.542. The first kappa shape index (κ1) is 9.73. The summed E-state index contributed by atoms with van der Waals surface area (Å²) < 4.78 is 36.9. The first-order valence-electron chi connectivity index (χ1n) is 2.30. The van der Waals surface area contributed by atoms with Crippen molar-refractivity contribution in [2.75, 3.05) is 6.61 Å². The van der Waals surface area contributed by atoms with Crippen molar-refractivity contribution in [2.45, 2.75) is 6.18 Å². The molecular weight excluding hydrogens is 169 g/mol. The van der Waals surface area contributed by atoms with Crippen molar-refractivity contribution >= 4 is 11.9 Å². The van der Waals surface area contributed by atoms with E-state index in [1.165, 1.54) is 0 Å². The van der Waals surface area contributed by atoms with Crippen LogP contribution in [-0.4, -0.2) is 29.8 Å². The molecule has 0 unspecified atom stereocenters. The molecule has 0 fully saturated rings. The number of hydrogen-bond donors (Lipinski definition) is 1. The number of carboxylic acids is 1. The zero-order valence-corrected chi connectivity index (χ0v) is 5.01. The van der Waals surface area contributed by atoms with Crippen LogP contribution in [0.2, 0.25) is 0 Å². The van der Waals surface area contributed by atoms with E-state index in [1.54, 1.807) is 0 Å². The number of carbonyl (C=O) groups is 2. The van der Waals surface area contributed by atoms with Crippen LogP contribution < -0.4 is 0 Å². The standard InChI is InChI=1S/C4H3F3O4/c5-4(6,7)1-11-3(10)2(8)9/h1H2,(H,8,9). The molecule has 4 nitrogen and oxygen atoms in total. The van der Waals surface area contributed by atoms with Crippen LogP contribution in [0.1, 0.15) is 0 Å². The van der Waals surface area contributed by atoms with Crippen molar-refractivity contribution in [2.24, 2.45) is 0 Å². The van der Waals surface area contributed by atoms with Crippen molar-refractivity contribution in [1.82, 2.24) is 0 Å². The van der Waals surface area contributed by atoms with Gasteiger partial charge in [0.1, 0.15) is 0 Å². The minimum Gasteiger partial charge on any atom is -0.473 e. The van der Waals surface area contributed by atoms with Gasteiger partial charge in [0.25, 0.3) is 0 Å². The SMILES string of the molecule is O=C(O)C(=O)OCC(F)(F)F. The Balaban J connectivity index is 3.73. The maximum absolute atomic E-state index is 11.2. The molecule has 0 aromatic heterocycles. The zero-order valence-electron chi connectivity index (χ0n) is 5.01. The van der Waals surface area contributed by atoms with Crippen LogP contribution in [0.3, 0.4) is 0 Å². The van der Waals surface area contributed by atoms with Crippen LogP contribution in [0, 0.1) is 0 Å². The summed E-state index contributed by atoms with van der Waals surface area (Å²) in [7, 11) is 0. The molecule has 0 spiro atoms. The molecule has 0 rings (SSSR count). The van der Waals surface area contributed by atoms with Gasteiger partial charge in [0.05, 0.1) is 0 Å². The van der Waals surface area contributed by atoms with Crippen LogP contribution >= 0.6 is 0 Å². The van der Waals surface area contributed by atoms with Gasteiger partial charge in [-0.05, 0) is 0 Å². The minimum atomic E-state index is -4.69. The van der Waals surface area contributed by atoms with Crippen LogP contribution in [-0.2, 0) is 14.3 Å².